The van der Waals surface area contributed by atoms with E-state index in [1.165, 1.54) is 10.6 Å². The van der Waals surface area contributed by atoms with Crippen LogP contribution in [-0.4, -0.2) is 50.1 Å². The van der Waals surface area contributed by atoms with Gasteiger partial charge in [-0.3, -0.25) is 0 Å². The molecule has 1 aliphatic rings. The van der Waals surface area contributed by atoms with Crippen molar-refractivity contribution in [2.24, 2.45) is 0 Å². The van der Waals surface area contributed by atoms with Crippen LogP contribution in [0.3, 0.4) is 0 Å². The van der Waals surface area contributed by atoms with Crippen molar-refractivity contribution in [3.05, 3.63) is 17.8 Å². The molecule has 2 rings (SSSR count). The van der Waals surface area contributed by atoms with E-state index < -0.39 is 10.0 Å². The number of aromatic nitrogens is 1. The molecule has 0 spiro atoms. The Hall–Kier alpha value is -1.34. The molecule has 2 N–H and O–H groups in total. The lowest BCUT2D eigenvalue weighted by Crippen LogP contribution is -2.48. The molecule has 1 aromatic rings. The first-order valence-corrected chi connectivity index (χ1v) is 7.65. The highest BCUT2D eigenvalue weighted by atomic mass is 32.2. The van der Waals surface area contributed by atoms with Gasteiger partial charge in [-0.25, -0.2) is 13.4 Å². The Kier molecular flexibility index (Phi) is 3.45. The number of pyridine rings is 1. The summed E-state index contributed by atoms with van der Waals surface area (Å²) in [4.78, 5) is 6.35. The van der Waals surface area contributed by atoms with Crippen molar-refractivity contribution >= 4 is 21.5 Å². The summed E-state index contributed by atoms with van der Waals surface area (Å²) in [7, 11) is -3.09. The normalized spacial score (nSPS) is 18.0. The van der Waals surface area contributed by atoms with E-state index in [1.54, 1.807) is 6.20 Å². The molecular formula is C11H18N4O2S. The van der Waals surface area contributed by atoms with Crippen molar-refractivity contribution in [1.29, 1.82) is 0 Å². The van der Waals surface area contributed by atoms with E-state index in [0.717, 1.165) is 11.4 Å². The molecule has 2 heterocycles. The van der Waals surface area contributed by atoms with Gasteiger partial charge in [-0.2, -0.15) is 4.31 Å². The Morgan fingerprint density at radius 3 is 2.39 bits per heavy atom. The topological polar surface area (TPSA) is 79.5 Å². The summed E-state index contributed by atoms with van der Waals surface area (Å²) in [6.45, 7) is 4.14. The molecule has 0 saturated carbocycles. The molecular weight excluding hydrogens is 252 g/mol. The zero-order valence-corrected chi connectivity index (χ0v) is 11.4. The minimum Gasteiger partial charge on any atom is -0.396 e. The van der Waals surface area contributed by atoms with Gasteiger partial charge in [0.2, 0.25) is 10.0 Å². The molecule has 0 aromatic carbocycles. The molecule has 1 aromatic heterocycles. The summed E-state index contributed by atoms with van der Waals surface area (Å²) >= 11 is 0. The Morgan fingerprint density at radius 1 is 1.28 bits per heavy atom. The summed E-state index contributed by atoms with van der Waals surface area (Å²) in [6, 6.07) is 1.88. The minimum atomic E-state index is -3.09. The maximum Gasteiger partial charge on any atom is 0.211 e. The average molecular weight is 270 g/mol. The van der Waals surface area contributed by atoms with Crippen molar-refractivity contribution in [2.45, 2.75) is 6.92 Å². The first-order chi connectivity index (χ1) is 8.38. The van der Waals surface area contributed by atoms with Gasteiger partial charge in [0, 0.05) is 32.4 Å². The third kappa shape index (κ3) is 2.73. The van der Waals surface area contributed by atoms with Crippen molar-refractivity contribution in [3.63, 3.8) is 0 Å². The van der Waals surface area contributed by atoms with Gasteiger partial charge < -0.3 is 10.6 Å². The number of hydrogen-bond acceptors (Lipinski definition) is 5. The largest absolute Gasteiger partial charge is 0.396 e. The number of nitrogens with zero attached hydrogens (tertiary/aromatic N) is 3. The van der Waals surface area contributed by atoms with Crippen LogP contribution in [-0.2, 0) is 10.0 Å². The van der Waals surface area contributed by atoms with E-state index >= 15 is 0 Å². The average Bonchev–Trinajstić information content (AvgIpc) is 2.28. The third-order valence-corrected chi connectivity index (χ3v) is 4.34. The standard InChI is InChI=1S/C11H18N4O2S/c1-9-7-10(12)11(13-8-9)14-3-5-15(6-4-14)18(2,16)17/h7-8H,3-6,12H2,1-2H3. The van der Waals surface area contributed by atoms with Gasteiger partial charge >= 0.3 is 0 Å². The number of rotatable bonds is 2. The van der Waals surface area contributed by atoms with E-state index in [0.29, 0.717) is 31.9 Å². The van der Waals surface area contributed by atoms with E-state index in [2.05, 4.69) is 4.98 Å². The van der Waals surface area contributed by atoms with Gasteiger partial charge in [-0.15, -0.1) is 0 Å². The van der Waals surface area contributed by atoms with Gasteiger partial charge in [-0.05, 0) is 18.6 Å². The van der Waals surface area contributed by atoms with Crippen LogP contribution in [0.2, 0.25) is 0 Å². The van der Waals surface area contributed by atoms with Crippen LogP contribution >= 0.6 is 0 Å². The van der Waals surface area contributed by atoms with Gasteiger partial charge in [0.25, 0.3) is 0 Å². The SMILES string of the molecule is Cc1cnc(N2CCN(S(C)(=O)=O)CC2)c(N)c1. The first-order valence-electron chi connectivity index (χ1n) is 5.80. The van der Waals surface area contributed by atoms with Crippen molar-refractivity contribution < 1.29 is 8.42 Å². The fourth-order valence-electron chi connectivity index (χ4n) is 2.08. The second-order valence-electron chi connectivity index (χ2n) is 4.57. The van der Waals surface area contributed by atoms with Crippen LogP contribution < -0.4 is 10.6 Å². The fraction of sp³-hybridized carbons (Fsp3) is 0.545. The lowest BCUT2D eigenvalue weighted by atomic mass is 10.2. The van der Waals surface area contributed by atoms with Crippen LogP contribution in [0.25, 0.3) is 0 Å². The maximum absolute atomic E-state index is 11.4. The van der Waals surface area contributed by atoms with E-state index in [1.807, 2.05) is 17.9 Å². The molecule has 0 atom stereocenters. The lowest BCUT2D eigenvalue weighted by Gasteiger charge is -2.34. The predicted molar refractivity (Wildman–Crippen MR) is 72.0 cm³/mol. The predicted octanol–water partition coefficient (Wildman–Crippen LogP) is 0.0538. The number of anilines is 2. The van der Waals surface area contributed by atoms with Crippen molar-refractivity contribution in [3.8, 4) is 0 Å². The molecule has 0 amide bonds. The summed E-state index contributed by atoms with van der Waals surface area (Å²) < 4.78 is 24.3. The second kappa shape index (κ2) is 4.74. The molecule has 6 nitrogen and oxygen atoms in total. The fourth-order valence-corrected chi connectivity index (χ4v) is 2.91. The second-order valence-corrected chi connectivity index (χ2v) is 6.56. The highest BCUT2D eigenvalue weighted by Crippen LogP contribution is 2.22. The molecule has 1 saturated heterocycles. The molecule has 7 heteroatoms. The number of hydrogen-bond donors (Lipinski definition) is 1. The first kappa shape index (κ1) is 13.1. The van der Waals surface area contributed by atoms with Gasteiger partial charge in [0.15, 0.2) is 5.82 Å². The number of sulfonamides is 1. The summed E-state index contributed by atoms with van der Waals surface area (Å²) in [5, 5.41) is 0. The van der Waals surface area contributed by atoms with E-state index in [9.17, 15) is 8.42 Å². The smallest absolute Gasteiger partial charge is 0.211 e. The maximum atomic E-state index is 11.4. The zero-order chi connectivity index (χ0) is 13.3. The molecule has 18 heavy (non-hydrogen) atoms. The number of piperazine rings is 1. The Balaban J connectivity index is 2.10. The molecule has 0 aliphatic carbocycles. The number of nitrogen functional groups attached to an aromatic ring is 1. The highest BCUT2D eigenvalue weighted by Gasteiger charge is 2.24. The van der Waals surface area contributed by atoms with Gasteiger partial charge in [-0.1, -0.05) is 0 Å². The summed E-state index contributed by atoms with van der Waals surface area (Å²) in [6.07, 6.45) is 3.01. The Bertz CT molecular complexity index is 536. The molecule has 100 valence electrons. The minimum absolute atomic E-state index is 0.480. The lowest BCUT2D eigenvalue weighted by molar-refractivity contribution is 0.387. The number of aryl methyl sites for hydroxylation is 1. The third-order valence-electron chi connectivity index (χ3n) is 3.04. The van der Waals surface area contributed by atoms with Crippen LogP contribution in [0, 0.1) is 6.92 Å². The van der Waals surface area contributed by atoms with Crippen molar-refractivity contribution in [2.75, 3.05) is 43.1 Å². The Labute approximate surface area is 107 Å². The molecule has 0 bridgehead atoms. The van der Waals surface area contributed by atoms with E-state index in [-0.39, 0.29) is 0 Å². The summed E-state index contributed by atoms with van der Waals surface area (Å²) in [5.74, 6) is 0.744. The molecule has 1 aliphatic heterocycles. The van der Waals surface area contributed by atoms with Crippen LogP contribution in [0.15, 0.2) is 12.3 Å². The monoisotopic (exact) mass is 270 g/mol. The Morgan fingerprint density at radius 2 is 1.89 bits per heavy atom. The molecule has 1 fully saturated rings. The molecule has 0 radical (unpaired) electrons. The molecule has 0 unspecified atom stereocenters. The highest BCUT2D eigenvalue weighted by molar-refractivity contribution is 7.88. The van der Waals surface area contributed by atoms with Crippen LogP contribution in [0.1, 0.15) is 5.56 Å². The van der Waals surface area contributed by atoms with Crippen LogP contribution in [0.5, 0.6) is 0 Å². The van der Waals surface area contributed by atoms with Gasteiger partial charge in [0.05, 0.1) is 11.9 Å². The summed E-state index contributed by atoms with van der Waals surface area (Å²) in [5.41, 5.74) is 7.60. The quantitative estimate of drug-likeness (QED) is 0.821. The van der Waals surface area contributed by atoms with Crippen LogP contribution in [0.4, 0.5) is 11.5 Å². The van der Waals surface area contributed by atoms with Gasteiger partial charge in [0.1, 0.15) is 0 Å². The van der Waals surface area contributed by atoms with E-state index in [4.69, 9.17) is 5.73 Å². The van der Waals surface area contributed by atoms with Crippen molar-refractivity contribution in [1.82, 2.24) is 9.29 Å². The number of nitrogens with two attached hydrogens (primary N) is 1. The zero-order valence-electron chi connectivity index (χ0n) is 10.6.